The molecule has 1 fully saturated rings. The van der Waals surface area contributed by atoms with Gasteiger partial charge in [0.1, 0.15) is 5.82 Å². The Bertz CT molecular complexity index is 683. The average molecular weight is 336 g/mol. The van der Waals surface area contributed by atoms with E-state index in [2.05, 4.69) is 20.1 Å². The second-order valence-electron chi connectivity index (χ2n) is 5.98. The zero-order valence-corrected chi connectivity index (χ0v) is 13.1. The lowest BCUT2D eigenvalue weighted by molar-refractivity contribution is -0.137. The van der Waals surface area contributed by atoms with Gasteiger partial charge in [-0.1, -0.05) is 19.3 Å². The summed E-state index contributed by atoms with van der Waals surface area (Å²) in [6, 6.07) is 4.77. The molecule has 0 unspecified atom stereocenters. The second-order valence-corrected chi connectivity index (χ2v) is 5.98. The zero-order chi connectivity index (χ0) is 17.0. The third-order valence-corrected chi connectivity index (χ3v) is 4.22. The molecular formula is C17H19F3N4. The summed E-state index contributed by atoms with van der Waals surface area (Å²) >= 11 is 0. The van der Waals surface area contributed by atoms with Crippen LogP contribution in [0, 0.1) is 0 Å². The van der Waals surface area contributed by atoms with Crippen molar-refractivity contribution in [2.45, 2.75) is 44.3 Å². The Morgan fingerprint density at radius 3 is 2.62 bits per heavy atom. The van der Waals surface area contributed by atoms with Crippen LogP contribution in [-0.2, 0) is 6.18 Å². The lowest BCUT2D eigenvalue weighted by Gasteiger charge is -2.23. The molecule has 0 atom stereocenters. The normalized spacial score (nSPS) is 16.6. The summed E-state index contributed by atoms with van der Waals surface area (Å²) in [7, 11) is 0. The molecule has 128 valence electrons. The predicted octanol–water partition coefficient (Wildman–Crippen LogP) is 4.85. The van der Waals surface area contributed by atoms with E-state index in [4.69, 9.17) is 0 Å². The molecule has 0 saturated heterocycles. The summed E-state index contributed by atoms with van der Waals surface area (Å²) in [5.74, 6) is 0.269. The summed E-state index contributed by atoms with van der Waals surface area (Å²) in [6.07, 6.45) is 8.41. The van der Waals surface area contributed by atoms with Gasteiger partial charge in [0.15, 0.2) is 0 Å². The first kappa shape index (κ1) is 16.5. The van der Waals surface area contributed by atoms with Gasteiger partial charge in [0.05, 0.1) is 11.8 Å². The number of alkyl halides is 3. The molecule has 0 aromatic carbocycles. The molecule has 1 aliphatic carbocycles. The molecule has 0 aliphatic heterocycles. The van der Waals surface area contributed by atoms with Gasteiger partial charge >= 0.3 is 6.18 Å². The zero-order valence-electron chi connectivity index (χ0n) is 13.1. The van der Waals surface area contributed by atoms with Crippen LogP contribution in [0.2, 0.25) is 0 Å². The highest BCUT2D eigenvalue weighted by molar-refractivity contribution is 5.79. The molecule has 1 saturated carbocycles. The number of hydrogen-bond donors (Lipinski definition) is 1. The monoisotopic (exact) mass is 336 g/mol. The first-order valence-electron chi connectivity index (χ1n) is 8.02. The highest BCUT2D eigenvalue weighted by Crippen LogP contribution is 2.29. The van der Waals surface area contributed by atoms with Gasteiger partial charge in [-0.3, -0.25) is 5.43 Å². The van der Waals surface area contributed by atoms with Crippen LogP contribution in [0.25, 0.3) is 0 Å². The molecule has 1 aliphatic rings. The number of rotatable bonds is 4. The van der Waals surface area contributed by atoms with E-state index < -0.39 is 11.7 Å². The highest BCUT2D eigenvalue weighted by Gasteiger charge is 2.30. The van der Waals surface area contributed by atoms with Crippen LogP contribution in [0.3, 0.4) is 0 Å². The second kappa shape index (κ2) is 7.07. The fraction of sp³-hybridized carbons (Fsp3) is 0.412. The topological polar surface area (TPSA) is 42.2 Å². The minimum Gasteiger partial charge on any atom is -0.351 e. The summed E-state index contributed by atoms with van der Waals surface area (Å²) in [5, 5.41) is 4.03. The fourth-order valence-corrected chi connectivity index (χ4v) is 2.91. The van der Waals surface area contributed by atoms with Crippen molar-refractivity contribution in [3.05, 3.63) is 47.9 Å². The fourth-order valence-electron chi connectivity index (χ4n) is 2.91. The molecule has 24 heavy (non-hydrogen) atoms. The van der Waals surface area contributed by atoms with Crippen molar-refractivity contribution in [1.29, 1.82) is 0 Å². The van der Waals surface area contributed by atoms with Crippen LogP contribution in [0.15, 0.2) is 41.9 Å². The van der Waals surface area contributed by atoms with Crippen molar-refractivity contribution in [2.24, 2.45) is 5.10 Å². The molecule has 1 N–H and O–H groups in total. The number of anilines is 1. The van der Waals surface area contributed by atoms with Gasteiger partial charge in [-0.05, 0) is 31.0 Å². The largest absolute Gasteiger partial charge is 0.417 e. The standard InChI is InChI=1S/C17H19F3N4/c18-17(19,20)14-6-7-16(21-11-14)23-22-10-13-8-9-24(12-13)15-4-2-1-3-5-15/h6-12,15H,1-5H2,(H,21,23)/b22-10+. The number of aromatic nitrogens is 2. The van der Waals surface area contributed by atoms with E-state index in [9.17, 15) is 13.2 Å². The van der Waals surface area contributed by atoms with E-state index in [1.165, 1.54) is 38.2 Å². The molecule has 2 aromatic rings. The van der Waals surface area contributed by atoms with Crippen LogP contribution in [0.1, 0.15) is 49.3 Å². The van der Waals surface area contributed by atoms with Gasteiger partial charge in [-0.15, -0.1) is 0 Å². The van der Waals surface area contributed by atoms with E-state index >= 15 is 0 Å². The number of nitrogens with zero attached hydrogens (tertiary/aromatic N) is 3. The van der Waals surface area contributed by atoms with Crippen molar-refractivity contribution in [3.8, 4) is 0 Å². The Morgan fingerprint density at radius 2 is 1.96 bits per heavy atom. The highest BCUT2D eigenvalue weighted by atomic mass is 19.4. The minimum atomic E-state index is -4.38. The van der Waals surface area contributed by atoms with E-state index in [-0.39, 0.29) is 5.82 Å². The lowest BCUT2D eigenvalue weighted by Crippen LogP contribution is -2.10. The molecule has 3 rings (SSSR count). The molecule has 4 nitrogen and oxygen atoms in total. The quantitative estimate of drug-likeness (QED) is 0.640. The summed E-state index contributed by atoms with van der Waals surface area (Å²) < 4.78 is 39.6. The smallest absolute Gasteiger partial charge is 0.351 e. The summed E-state index contributed by atoms with van der Waals surface area (Å²) in [5.41, 5.74) is 2.81. The molecule has 0 bridgehead atoms. The van der Waals surface area contributed by atoms with Gasteiger partial charge in [-0.2, -0.15) is 18.3 Å². The molecule has 0 radical (unpaired) electrons. The lowest BCUT2D eigenvalue weighted by atomic mass is 9.95. The summed E-state index contributed by atoms with van der Waals surface area (Å²) in [4.78, 5) is 3.70. The maximum Gasteiger partial charge on any atom is 0.417 e. The predicted molar refractivity (Wildman–Crippen MR) is 87.0 cm³/mol. The van der Waals surface area contributed by atoms with Gasteiger partial charge in [0.2, 0.25) is 0 Å². The van der Waals surface area contributed by atoms with Gasteiger partial charge in [0, 0.05) is 30.2 Å². The Morgan fingerprint density at radius 1 is 1.17 bits per heavy atom. The Labute approximate surface area is 138 Å². The number of halogens is 3. The molecule has 2 heterocycles. The van der Waals surface area contributed by atoms with Gasteiger partial charge in [-0.25, -0.2) is 4.98 Å². The number of hydrogen-bond acceptors (Lipinski definition) is 3. The molecule has 0 spiro atoms. The van der Waals surface area contributed by atoms with Crippen LogP contribution in [-0.4, -0.2) is 15.8 Å². The van der Waals surface area contributed by atoms with Crippen molar-refractivity contribution in [3.63, 3.8) is 0 Å². The molecule has 2 aromatic heterocycles. The Kier molecular flexibility index (Phi) is 4.87. The van der Waals surface area contributed by atoms with Gasteiger partial charge < -0.3 is 4.57 Å². The van der Waals surface area contributed by atoms with E-state index in [1.807, 2.05) is 18.5 Å². The Balaban J connectivity index is 1.57. The van der Waals surface area contributed by atoms with Crippen LogP contribution < -0.4 is 5.43 Å². The number of nitrogens with one attached hydrogen (secondary N) is 1. The van der Waals surface area contributed by atoms with Gasteiger partial charge in [0.25, 0.3) is 0 Å². The van der Waals surface area contributed by atoms with Crippen molar-refractivity contribution in [2.75, 3.05) is 5.43 Å². The third-order valence-electron chi connectivity index (χ3n) is 4.22. The SMILES string of the molecule is FC(F)(F)c1ccc(N/N=C/c2ccn(C3CCCCC3)c2)nc1. The molecule has 7 heteroatoms. The minimum absolute atomic E-state index is 0.269. The number of hydrazone groups is 1. The third kappa shape index (κ3) is 4.15. The first-order valence-corrected chi connectivity index (χ1v) is 8.02. The van der Waals surface area contributed by atoms with E-state index in [0.717, 1.165) is 17.8 Å². The van der Waals surface area contributed by atoms with E-state index in [1.54, 1.807) is 6.21 Å². The van der Waals surface area contributed by atoms with Crippen molar-refractivity contribution < 1.29 is 13.2 Å². The van der Waals surface area contributed by atoms with Crippen LogP contribution in [0.5, 0.6) is 0 Å². The van der Waals surface area contributed by atoms with Crippen LogP contribution >= 0.6 is 0 Å². The maximum absolute atomic E-state index is 12.5. The number of pyridine rings is 1. The van der Waals surface area contributed by atoms with Crippen molar-refractivity contribution >= 4 is 12.0 Å². The summed E-state index contributed by atoms with van der Waals surface area (Å²) in [6.45, 7) is 0. The first-order chi connectivity index (χ1) is 11.5. The van der Waals surface area contributed by atoms with Crippen molar-refractivity contribution in [1.82, 2.24) is 9.55 Å². The van der Waals surface area contributed by atoms with E-state index in [0.29, 0.717) is 6.04 Å². The maximum atomic E-state index is 12.5. The molecular weight excluding hydrogens is 317 g/mol. The molecule has 0 amide bonds. The van der Waals surface area contributed by atoms with Crippen LogP contribution in [0.4, 0.5) is 19.0 Å². The average Bonchev–Trinajstić information content (AvgIpc) is 3.04. The Hall–Kier alpha value is -2.31.